The zero-order valence-electron chi connectivity index (χ0n) is 16.8. The van der Waals surface area contributed by atoms with Crippen LogP contribution in [0.4, 0.5) is 0 Å². The molecule has 4 rings (SSSR count). The number of benzene rings is 1. The number of carbonyl (C=O) groups excluding carboxylic acids is 1. The topological polar surface area (TPSA) is 58.4 Å². The van der Waals surface area contributed by atoms with Gasteiger partial charge in [0.1, 0.15) is 0 Å². The third-order valence-corrected chi connectivity index (χ3v) is 6.46. The maximum atomic E-state index is 12.7. The minimum atomic E-state index is -0.191. The normalized spacial score (nSPS) is 16.3. The molecule has 1 fully saturated rings. The molecule has 0 bridgehead atoms. The third-order valence-electron chi connectivity index (χ3n) is 5.49. The van der Waals surface area contributed by atoms with Gasteiger partial charge < -0.3 is 9.84 Å². The first-order chi connectivity index (χ1) is 14.2. The number of likely N-dealkylation sites (tertiary alicyclic amines) is 1. The number of thiophene rings is 1. The second kappa shape index (κ2) is 9.37. The van der Waals surface area contributed by atoms with Gasteiger partial charge in [-0.1, -0.05) is 53.9 Å². The van der Waals surface area contributed by atoms with Crippen molar-refractivity contribution in [1.82, 2.24) is 15.4 Å². The van der Waals surface area contributed by atoms with Gasteiger partial charge >= 0.3 is 0 Å². The number of hydrogen-bond acceptors (Lipinski definition) is 5. The number of nitrogens with zero attached hydrogens (tertiary/aromatic N) is 2. The molecule has 6 heteroatoms. The predicted octanol–water partition coefficient (Wildman–Crippen LogP) is 5.06. The van der Waals surface area contributed by atoms with Crippen LogP contribution in [-0.4, -0.2) is 35.6 Å². The highest BCUT2D eigenvalue weighted by atomic mass is 32.1. The van der Waals surface area contributed by atoms with Crippen LogP contribution in [0.25, 0.3) is 11.3 Å². The van der Waals surface area contributed by atoms with Crippen LogP contribution in [0.15, 0.2) is 52.4 Å². The summed E-state index contributed by atoms with van der Waals surface area (Å²) in [5.74, 6) is 0.418. The van der Waals surface area contributed by atoms with Gasteiger partial charge in [0.15, 0.2) is 11.5 Å². The van der Waals surface area contributed by atoms with Gasteiger partial charge in [0.2, 0.25) is 0 Å². The fourth-order valence-corrected chi connectivity index (χ4v) is 4.67. The Balaban J connectivity index is 1.43. The van der Waals surface area contributed by atoms with Gasteiger partial charge in [-0.15, -0.1) is 11.3 Å². The van der Waals surface area contributed by atoms with E-state index in [0.29, 0.717) is 18.0 Å². The zero-order valence-corrected chi connectivity index (χ0v) is 17.6. The first-order valence-electron chi connectivity index (χ1n) is 10.3. The maximum Gasteiger partial charge on any atom is 0.273 e. The van der Waals surface area contributed by atoms with Gasteiger partial charge in [-0.3, -0.25) is 9.69 Å². The average molecular weight is 410 g/mol. The van der Waals surface area contributed by atoms with Crippen molar-refractivity contribution >= 4 is 17.2 Å². The molecule has 1 atom stereocenters. The lowest BCUT2D eigenvalue weighted by molar-refractivity contribution is 0.0925. The highest BCUT2D eigenvalue weighted by molar-refractivity contribution is 7.10. The number of aromatic nitrogens is 1. The molecule has 1 aromatic carbocycles. The summed E-state index contributed by atoms with van der Waals surface area (Å²) in [5.41, 5.74) is 2.42. The predicted molar refractivity (Wildman–Crippen MR) is 116 cm³/mol. The molecule has 2 aromatic heterocycles. The molecule has 152 valence electrons. The van der Waals surface area contributed by atoms with Gasteiger partial charge in [0.25, 0.3) is 5.91 Å². The number of amides is 1. The number of hydrogen-bond donors (Lipinski definition) is 1. The fourth-order valence-electron chi connectivity index (χ4n) is 3.81. The zero-order chi connectivity index (χ0) is 20.1. The summed E-state index contributed by atoms with van der Waals surface area (Å²) in [6.45, 7) is 4.78. The largest absolute Gasteiger partial charge is 0.355 e. The molecule has 0 aliphatic carbocycles. The molecule has 1 aliphatic heterocycles. The quantitative estimate of drug-likeness (QED) is 0.618. The molecule has 1 saturated heterocycles. The van der Waals surface area contributed by atoms with Crippen LogP contribution in [0.2, 0.25) is 0 Å². The fraction of sp³-hybridized carbons (Fsp3) is 0.391. The molecule has 1 amide bonds. The van der Waals surface area contributed by atoms with Gasteiger partial charge in [0, 0.05) is 23.1 Å². The van der Waals surface area contributed by atoms with Crippen LogP contribution < -0.4 is 5.32 Å². The summed E-state index contributed by atoms with van der Waals surface area (Å²) in [4.78, 5) is 16.5. The molecular weight excluding hydrogens is 382 g/mol. The van der Waals surface area contributed by atoms with E-state index in [1.807, 2.05) is 31.2 Å². The molecule has 29 heavy (non-hydrogen) atoms. The Morgan fingerprint density at radius 1 is 1.17 bits per heavy atom. The molecule has 1 N–H and O–H groups in total. The summed E-state index contributed by atoms with van der Waals surface area (Å²) in [6.07, 6.45) is 5.03. The Labute approximate surface area is 175 Å². The molecular formula is C23H27N3O2S. The number of aryl methyl sites for hydroxylation is 1. The lowest BCUT2D eigenvalue weighted by Gasteiger charge is -2.30. The molecule has 0 spiro atoms. The van der Waals surface area contributed by atoms with Crippen LogP contribution in [0.5, 0.6) is 0 Å². The van der Waals surface area contributed by atoms with Crippen molar-refractivity contribution in [3.8, 4) is 11.3 Å². The molecule has 3 aromatic rings. The van der Waals surface area contributed by atoms with Crippen molar-refractivity contribution in [3.05, 3.63) is 64.0 Å². The van der Waals surface area contributed by atoms with E-state index in [2.05, 4.69) is 32.9 Å². The number of rotatable bonds is 6. The standard InChI is InChI=1S/C23H27N3O2S/c1-17-8-10-18(11-9-17)21-15-19(25-28-21)23(27)24-16-20(22-7-6-14-29-22)26-12-4-2-3-5-13-26/h6-11,14-15,20H,2-5,12-13,16H2,1H3,(H,24,27)/t20-/m1/s1. The van der Waals surface area contributed by atoms with Gasteiger partial charge in [0.05, 0.1) is 6.04 Å². The Morgan fingerprint density at radius 2 is 1.93 bits per heavy atom. The van der Waals surface area contributed by atoms with Crippen molar-refractivity contribution in [3.63, 3.8) is 0 Å². The van der Waals surface area contributed by atoms with Gasteiger partial charge in [-0.25, -0.2) is 0 Å². The van der Waals surface area contributed by atoms with E-state index in [0.717, 1.165) is 18.7 Å². The van der Waals surface area contributed by atoms with Gasteiger partial charge in [-0.05, 0) is 44.3 Å². The maximum absolute atomic E-state index is 12.7. The summed E-state index contributed by atoms with van der Waals surface area (Å²) in [6, 6.07) is 14.2. The van der Waals surface area contributed by atoms with Crippen LogP contribution >= 0.6 is 11.3 Å². The third kappa shape index (κ3) is 4.95. The lowest BCUT2D eigenvalue weighted by atomic mass is 10.1. The Bertz CT molecular complexity index is 910. The lowest BCUT2D eigenvalue weighted by Crippen LogP contribution is -2.38. The first kappa shape index (κ1) is 19.9. The van der Waals surface area contributed by atoms with Crippen molar-refractivity contribution in [2.75, 3.05) is 19.6 Å². The highest BCUT2D eigenvalue weighted by Crippen LogP contribution is 2.27. The smallest absolute Gasteiger partial charge is 0.273 e. The summed E-state index contributed by atoms with van der Waals surface area (Å²) in [5, 5.41) is 9.17. The molecule has 3 heterocycles. The summed E-state index contributed by atoms with van der Waals surface area (Å²) >= 11 is 1.75. The second-order valence-electron chi connectivity index (χ2n) is 7.63. The average Bonchev–Trinajstić information content (AvgIpc) is 3.37. The minimum Gasteiger partial charge on any atom is -0.355 e. The molecule has 0 unspecified atom stereocenters. The van der Waals surface area contributed by atoms with E-state index in [1.54, 1.807) is 17.4 Å². The van der Waals surface area contributed by atoms with Crippen LogP contribution in [-0.2, 0) is 0 Å². The molecule has 0 radical (unpaired) electrons. The first-order valence-corrected chi connectivity index (χ1v) is 11.2. The van der Waals surface area contributed by atoms with E-state index in [4.69, 9.17) is 4.52 Å². The van der Waals surface area contributed by atoms with Crippen LogP contribution in [0.3, 0.4) is 0 Å². The summed E-state index contributed by atoms with van der Waals surface area (Å²) < 4.78 is 5.40. The van der Waals surface area contributed by atoms with Crippen LogP contribution in [0, 0.1) is 6.92 Å². The van der Waals surface area contributed by atoms with Crippen molar-refractivity contribution in [2.24, 2.45) is 0 Å². The van der Waals surface area contributed by atoms with E-state index in [9.17, 15) is 4.79 Å². The van der Waals surface area contributed by atoms with E-state index in [1.165, 1.54) is 36.1 Å². The minimum absolute atomic E-state index is 0.191. The Hall–Kier alpha value is -2.44. The monoisotopic (exact) mass is 409 g/mol. The second-order valence-corrected chi connectivity index (χ2v) is 8.61. The Morgan fingerprint density at radius 3 is 2.62 bits per heavy atom. The number of carbonyl (C=O) groups is 1. The van der Waals surface area contributed by atoms with Crippen molar-refractivity contribution in [2.45, 2.75) is 38.6 Å². The SMILES string of the molecule is Cc1ccc(-c2cc(C(=O)NC[C@H](c3cccs3)N3CCCCCC3)no2)cc1. The Kier molecular flexibility index (Phi) is 6.42. The van der Waals surface area contributed by atoms with E-state index in [-0.39, 0.29) is 11.9 Å². The van der Waals surface area contributed by atoms with Gasteiger partial charge in [-0.2, -0.15) is 0 Å². The van der Waals surface area contributed by atoms with E-state index >= 15 is 0 Å². The van der Waals surface area contributed by atoms with E-state index < -0.39 is 0 Å². The molecule has 5 nitrogen and oxygen atoms in total. The van der Waals surface area contributed by atoms with Crippen molar-refractivity contribution in [1.29, 1.82) is 0 Å². The molecule has 0 saturated carbocycles. The van der Waals surface area contributed by atoms with Crippen molar-refractivity contribution < 1.29 is 9.32 Å². The summed E-state index contributed by atoms with van der Waals surface area (Å²) in [7, 11) is 0. The van der Waals surface area contributed by atoms with Crippen LogP contribution in [0.1, 0.15) is 52.7 Å². The highest BCUT2D eigenvalue weighted by Gasteiger charge is 2.24. The number of nitrogens with one attached hydrogen (secondary N) is 1. The molecule has 1 aliphatic rings.